The Morgan fingerprint density at radius 2 is 1.85 bits per heavy atom. The molecule has 1 amide bonds. The lowest BCUT2D eigenvalue weighted by Gasteiger charge is -2.25. The Morgan fingerprint density at radius 1 is 1.12 bits per heavy atom. The number of benzene rings is 1. The van der Waals surface area contributed by atoms with Crippen LogP contribution in [0.4, 0.5) is 31.9 Å². The van der Waals surface area contributed by atoms with Gasteiger partial charge in [-0.25, -0.2) is 18.7 Å². The number of pyridine rings is 1. The van der Waals surface area contributed by atoms with Gasteiger partial charge >= 0.3 is 0 Å². The number of anilines is 4. The van der Waals surface area contributed by atoms with Crippen LogP contribution in [0, 0.1) is 11.6 Å². The molecule has 0 atom stereocenters. The van der Waals surface area contributed by atoms with Crippen LogP contribution in [-0.4, -0.2) is 70.7 Å². The van der Waals surface area contributed by atoms with Gasteiger partial charge in [-0.2, -0.15) is 4.98 Å². The van der Waals surface area contributed by atoms with Crippen LogP contribution in [0.15, 0.2) is 49.3 Å². The maximum absolute atomic E-state index is 14.1. The molecule has 0 aliphatic rings. The van der Waals surface area contributed by atoms with Crippen molar-refractivity contribution in [2.75, 3.05) is 49.8 Å². The minimum Gasteiger partial charge on any atom is -0.473 e. The molecule has 0 spiro atoms. The van der Waals surface area contributed by atoms with E-state index >= 15 is 0 Å². The summed E-state index contributed by atoms with van der Waals surface area (Å²) in [6, 6.07) is 5.71. The number of hydrogen-bond donors (Lipinski definition) is 2. The maximum atomic E-state index is 14.1. The first-order valence-electron chi connectivity index (χ1n) is 13.0. The van der Waals surface area contributed by atoms with Crippen LogP contribution in [0.25, 0.3) is 22.2 Å². The number of carbonyl (C=O) groups is 1. The molecule has 0 radical (unpaired) electrons. The number of halogens is 2. The van der Waals surface area contributed by atoms with Gasteiger partial charge in [-0.15, -0.1) is 0 Å². The van der Waals surface area contributed by atoms with Crippen molar-refractivity contribution in [3.8, 4) is 17.1 Å². The van der Waals surface area contributed by atoms with Crippen molar-refractivity contribution in [3.05, 3.63) is 60.9 Å². The minimum absolute atomic E-state index is 0.199. The van der Waals surface area contributed by atoms with Crippen molar-refractivity contribution in [2.24, 2.45) is 7.05 Å². The number of likely N-dealkylation sites (N-methyl/N-ethyl adjacent to an activating group) is 2. The molecule has 1 aromatic carbocycles. The number of nitrogens with one attached hydrogen (secondary N) is 2. The Labute approximate surface area is 237 Å². The van der Waals surface area contributed by atoms with Crippen LogP contribution >= 0.6 is 0 Å². The third kappa shape index (κ3) is 6.77. The second-order valence-electron chi connectivity index (χ2n) is 10.1. The SMILES string of the molecule is C=CC(=O)Nc1cc(Nc2nccc(-c3cn(C)c4cc(F)c(F)cc34)n2)c(OC(C)C)nc1N(C)CCN(C)C. The Balaban J connectivity index is 1.77. The quantitative estimate of drug-likeness (QED) is 0.247. The maximum Gasteiger partial charge on any atom is 0.247 e. The van der Waals surface area contributed by atoms with Crippen LogP contribution in [0.2, 0.25) is 0 Å². The molecule has 4 rings (SSSR count). The van der Waals surface area contributed by atoms with Gasteiger partial charge in [-0.3, -0.25) is 4.79 Å². The largest absolute Gasteiger partial charge is 0.473 e. The highest BCUT2D eigenvalue weighted by atomic mass is 19.2. The molecule has 3 heterocycles. The average Bonchev–Trinajstić information content (AvgIpc) is 3.23. The highest BCUT2D eigenvalue weighted by Gasteiger charge is 2.20. The zero-order valence-electron chi connectivity index (χ0n) is 24.0. The standard InChI is InChI=1S/C29H34F2N8O2/c1-8-26(40)33-23-15-24(28(41-17(2)3)36-27(23)38(6)12-11-37(4)5)35-29-32-10-9-22(34-29)19-16-39(7)25-14-21(31)20(30)13-18(19)25/h8-10,13-17H,1,11-12H2,2-7H3,(H,33,40)(H,32,34,35). The number of aryl methyl sites for hydroxylation is 1. The lowest BCUT2D eigenvalue weighted by Crippen LogP contribution is -2.30. The smallest absolute Gasteiger partial charge is 0.247 e. The third-order valence-electron chi connectivity index (χ3n) is 6.21. The molecule has 0 aliphatic heterocycles. The van der Waals surface area contributed by atoms with Crippen molar-refractivity contribution < 1.29 is 18.3 Å². The fourth-order valence-corrected chi connectivity index (χ4v) is 4.18. The molecule has 4 aromatic rings. The topological polar surface area (TPSA) is 100 Å². The molecule has 0 bridgehead atoms. The summed E-state index contributed by atoms with van der Waals surface area (Å²) >= 11 is 0. The van der Waals surface area contributed by atoms with E-state index in [2.05, 4.69) is 27.2 Å². The first-order chi connectivity index (χ1) is 19.5. The number of hydrogen-bond acceptors (Lipinski definition) is 8. The van der Waals surface area contributed by atoms with Gasteiger partial charge in [0.25, 0.3) is 0 Å². The normalized spacial score (nSPS) is 11.3. The van der Waals surface area contributed by atoms with Crippen molar-refractivity contribution >= 4 is 40.0 Å². The Morgan fingerprint density at radius 3 is 2.54 bits per heavy atom. The summed E-state index contributed by atoms with van der Waals surface area (Å²) in [7, 11) is 7.58. The van der Waals surface area contributed by atoms with Crippen molar-refractivity contribution in [3.63, 3.8) is 0 Å². The van der Waals surface area contributed by atoms with Crippen LogP contribution in [0.3, 0.4) is 0 Å². The van der Waals surface area contributed by atoms with Crippen molar-refractivity contribution in [1.82, 2.24) is 24.4 Å². The lowest BCUT2D eigenvalue weighted by molar-refractivity contribution is -0.111. The molecular weight excluding hydrogens is 530 g/mol. The van der Waals surface area contributed by atoms with Crippen LogP contribution in [0.5, 0.6) is 5.88 Å². The summed E-state index contributed by atoms with van der Waals surface area (Å²) < 4.78 is 35.7. The monoisotopic (exact) mass is 564 g/mol. The number of ether oxygens (including phenoxy) is 1. The second-order valence-corrected chi connectivity index (χ2v) is 10.1. The predicted octanol–water partition coefficient (Wildman–Crippen LogP) is 4.96. The molecule has 3 aromatic heterocycles. The van der Waals surface area contributed by atoms with E-state index in [0.717, 1.165) is 18.7 Å². The molecular formula is C29H34F2N8O2. The highest BCUT2D eigenvalue weighted by Crippen LogP contribution is 2.36. The zero-order chi connectivity index (χ0) is 29.8. The fourth-order valence-electron chi connectivity index (χ4n) is 4.18. The van der Waals surface area contributed by atoms with Gasteiger partial charge in [0, 0.05) is 56.6 Å². The van der Waals surface area contributed by atoms with Crippen molar-refractivity contribution in [2.45, 2.75) is 20.0 Å². The van der Waals surface area contributed by atoms with Crippen LogP contribution in [0.1, 0.15) is 13.8 Å². The Kier molecular flexibility index (Phi) is 8.82. The van der Waals surface area contributed by atoms with Crippen LogP contribution in [-0.2, 0) is 11.8 Å². The van der Waals surface area contributed by atoms with Gasteiger partial charge < -0.3 is 29.7 Å². The summed E-state index contributed by atoms with van der Waals surface area (Å²) in [5, 5.41) is 6.50. The van der Waals surface area contributed by atoms with Crippen LogP contribution < -0.4 is 20.3 Å². The van der Waals surface area contributed by atoms with Gasteiger partial charge in [0.1, 0.15) is 5.69 Å². The fraction of sp³-hybridized carbons (Fsp3) is 0.310. The first kappa shape index (κ1) is 29.4. The van der Waals surface area contributed by atoms with E-state index in [0.29, 0.717) is 51.8 Å². The zero-order valence-corrected chi connectivity index (χ0v) is 24.0. The summed E-state index contributed by atoms with van der Waals surface area (Å²) in [6.45, 7) is 8.72. The minimum atomic E-state index is -0.941. The third-order valence-corrected chi connectivity index (χ3v) is 6.21. The number of rotatable bonds is 11. The lowest BCUT2D eigenvalue weighted by atomic mass is 10.1. The van der Waals surface area contributed by atoms with E-state index in [1.54, 1.807) is 36.1 Å². The van der Waals surface area contributed by atoms with Gasteiger partial charge in [0.15, 0.2) is 17.5 Å². The van der Waals surface area contributed by atoms with E-state index in [4.69, 9.17) is 9.72 Å². The molecule has 12 heteroatoms. The molecule has 0 saturated carbocycles. The molecule has 10 nitrogen and oxygen atoms in total. The number of nitrogens with zero attached hydrogens (tertiary/aromatic N) is 6. The van der Waals surface area contributed by atoms with E-state index in [-0.39, 0.29) is 12.1 Å². The molecule has 0 unspecified atom stereocenters. The summed E-state index contributed by atoms with van der Waals surface area (Å²) in [4.78, 5) is 30.0. The first-order valence-corrected chi connectivity index (χ1v) is 13.0. The second kappa shape index (κ2) is 12.3. The number of fused-ring (bicyclic) bond motifs is 1. The van der Waals surface area contributed by atoms with Gasteiger partial charge in [0.05, 0.1) is 23.0 Å². The highest BCUT2D eigenvalue weighted by molar-refractivity contribution is 6.01. The molecule has 0 aliphatic carbocycles. The van der Waals surface area contributed by atoms with E-state index in [1.807, 2.05) is 44.8 Å². The van der Waals surface area contributed by atoms with E-state index < -0.39 is 17.5 Å². The Bertz CT molecular complexity index is 1590. The van der Waals surface area contributed by atoms with E-state index in [9.17, 15) is 13.6 Å². The number of carbonyl (C=O) groups excluding carboxylic acids is 1. The number of amides is 1. The van der Waals surface area contributed by atoms with Gasteiger partial charge in [0.2, 0.25) is 17.7 Å². The molecule has 0 fully saturated rings. The van der Waals surface area contributed by atoms with Crippen molar-refractivity contribution in [1.29, 1.82) is 0 Å². The van der Waals surface area contributed by atoms with E-state index in [1.165, 1.54) is 6.08 Å². The molecule has 216 valence electrons. The van der Waals surface area contributed by atoms with Gasteiger partial charge in [-0.05, 0) is 52.2 Å². The van der Waals surface area contributed by atoms with Gasteiger partial charge in [-0.1, -0.05) is 6.58 Å². The predicted molar refractivity (Wildman–Crippen MR) is 158 cm³/mol. The summed E-state index contributed by atoms with van der Waals surface area (Å²) in [6.07, 6.45) is 4.30. The molecule has 2 N–H and O–H groups in total. The number of aromatic nitrogens is 4. The molecule has 41 heavy (non-hydrogen) atoms. The average molecular weight is 565 g/mol. The summed E-state index contributed by atoms with van der Waals surface area (Å²) in [5.41, 5.74) is 2.50. The molecule has 0 saturated heterocycles. The Hall–Kier alpha value is -4.58. The summed E-state index contributed by atoms with van der Waals surface area (Å²) in [5.74, 6) is -1.23.